The smallest absolute Gasteiger partial charge is 0.119 e. The highest BCUT2D eigenvalue weighted by molar-refractivity contribution is 9.10. The second-order valence-electron chi connectivity index (χ2n) is 7.13. The zero-order chi connectivity index (χ0) is 17.7. The van der Waals surface area contributed by atoms with Crippen LogP contribution >= 0.6 is 15.9 Å². The number of likely N-dealkylation sites (tertiary alicyclic amines) is 1. The zero-order valence-corrected chi connectivity index (χ0v) is 16.3. The first-order valence-corrected chi connectivity index (χ1v) is 9.75. The summed E-state index contributed by atoms with van der Waals surface area (Å²) in [5.74, 6) is 0.787. The Kier molecular flexibility index (Phi) is 6.15. The summed E-state index contributed by atoms with van der Waals surface area (Å²) in [6, 6.07) is 16.2. The third kappa shape index (κ3) is 5.30. The minimum atomic E-state index is -0.835. The van der Waals surface area contributed by atoms with Crippen LogP contribution in [0.2, 0.25) is 0 Å². The summed E-state index contributed by atoms with van der Waals surface area (Å²) in [6.07, 6.45) is 3.76. The molecule has 2 aromatic rings. The second kappa shape index (κ2) is 8.35. The highest BCUT2D eigenvalue weighted by Crippen LogP contribution is 2.29. The molecule has 1 N–H and O–H groups in total. The highest BCUT2D eigenvalue weighted by atomic mass is 79.9. The van der Waals surface area contributed by atoms with Crippen LogP contribution in [0.3, 0.4) is 0 Å². The van der Waals surface area contributed by atoms with Crippen LogP contribution in [-0.4, -0.2) is 41.8 Å². The fourth-order valence-corrected chi connectivity index (χ4v) is 3.82. The minimum absolute atomic E-state index is 0.303. The van der Waals surface area contributed by atoms with E-state index >= 15 is 0 Å². The Morgan fingerprint density at radius 1 is 1.04 bits per heavy atom. The molecule has 0 spiro atoms. The van der Waals surface area contributed by atoms with Gasteiger partial charge in [0.2, 0.25) is 0 Å². The summed E-state index contributed by atoms with van der Waals surface area (Å²) in [5.41, 5.74) is 1.46. The fourth-order valence-electron chi connectivity index (χ4n) is 3.31. The highest BCUT2D eigenvalue weighted by Gasteiger charge is 2.26. The fraction of sp³-hybridized carbons (Fsp3) is 0.429. The molecule has 1 heterocycles. The van der Waals surface area contributed by atoms with Crippen molar-refractivity contribution in [3.8, 4) is 16.9 Å². The predicted octanol–water partition coefficient (Wildman–Crippen LogP) is 4.73. The number of piperidine rings is 1. The van der Waals surface area contributed by atoms with E-state index in [2.05, 4.69) is 39.0 Å². The molecule has 4 heteroatoms. The Morgan fingerprint density at radius 2 is 1.72 bits per heavy atom. The van der Waals surface area contributed by atoms with E-state index in [9.17, 15) is 5.11 Å². The zero-order valence-electron chi connectivity index (χ0n) is 14.7. The molecule has 1 atom stereocenters. The van der Waals surface area contributed by atoms with Crippen molar-refractivity contribution in [3.05, 3.63) is 53.0 Å². The van der Waals surface area contributed by atoms with Gasteiger partial charge in [-0.05, 0) is 62.2 Å². The van der Waals surface area contributed by atoms with Gasteiger partial charge in [0, 0.05) is 11.0 Å². The molecule has 0 bridgehead atoms. The number of benzene rings is 2. The van der Waals surface area contributed by atoms with Crippen molar-refractivity contribution in [2.75, 3.05) is 26.2 Å². The first kappa shape index (κ1) is 18.4. The van der Waals surface area contributed by atoms with Gasteiger partial charge in [-0.15, -0.1) is 0 Å². The molecule has 1 unspecified atom stereocenters. The maximum Gasteiger partial charge on any atom is 0.119 e. The third-order valence-electron chi connectivity index (χ3n) is 4.60. The van der Waals surface area contributed by atoms with E-state index < -0.39 is 5.60 Å². The number of hydrogen-bond acceptors (Lipinski definition) is 3. The quantitative estimate of drug-likeness (QED) is 0.756. The van der Waals surface area contributed by atoms with Crippen molar-refractivity contribution < 1.29 is 9.84 Å². The van der Waals surface area contributed by atoms with Gasteiger partial charge in [-0.2, -0.15) is 0 Å². The lowest BCUT2D eigenvalue weighted by Crippen LogP contribution is -2.46. The Balaban J connectivity index is 1.57. The molecular formula is C21H26BrNO2. The summed E-state index contributed by atoms with van der Waals surface area (Å²) in [7, 11) is 0. The number of rotatable bonds is 6. The molecule has 2 aromatic carbocycles. The van der Waals surface area contributed by atoms with Crippen LogP contribution in [-0.2, 0) is 0 Å². The van der Waals surface area contributed by atoms with Crippen LogP contribution in [0.4, 0.5) is 0 Å². The molecule has 1 saturated heterocycles. The monoisotopic (exact) mass is 403 g/mol. The van der Waals surface area contributed by atoms with Crippen molar-refractivity contribution in [2.24, 2.45) is 0 Å². The van der Waals surface area contributed by atoms with Gasteiger partial charge in [0.1, 0.15) is 18.0 Å². The van der Waals surface area contributed by atoms with Crippen molar-refractivity contribution in [1.82, 2.24) is 4.90 Å². The van der Waals surface area contributed by atoms with E-state index in [4.69, 9.17) is 4.74 Å². The van der Waals surface area contributed by atoms with Crippen LogP contribution in [0.25, 0.3) is 11.1 Å². The van der Waals surface area contributed by atoms with Crippen LogP contribution in [0.15, 0.2) is 53.0 Å². The van der Waals surface area contributed by atoms with E-state index in [1.165, 1.54) is 19.3 Å². The van der Waals surface area contributed by atoms with Gasteiger partial charge in [-0.25, -0.2) is 0 Å². The van der Waals surface area contributed by atoms with Crippen molar-refractivity contribution >= 4 is 15.9 Å². The van der Waals surface area contributed by atoms with Crippen LogP contribution in [0, 0.1) is 0 Å². The van der Waals surface area contributed by atoms with Gasteiger partial charge < -0.3 is 14.7 Å². The first-order valence-electron chi connectivity index (χ1n) is 8.96. The number of halogens is 1. The second-order valence-corrected chi connectivity index (χ2v) is 7.98. The SMILES string of the molecule is CC(O)(COc1ccc(-c2ccccc2Br)cc1)CN1CCCCC1. The standard InChI is InChI=1S/C21H26BrNO2/c1-21(24,15-23-13-5-2-6-14-23)16-25-18-11-9-17(10-12-18)19-7-3-4-8-20(19)22/h3-4,7-12,24H,2,5-6,13-16H2,1H3. The van der Waals surface area contributed by atoms with Gasteiger partial charge in [0.25, 0.3) is 0 Å². The molecule has 3 rings (SSSR count). The number of β-amino-alcohol motifs (C(OH)–C–C–N with tert-alkyl or cyclic N) is 1. The van der Waals surface area contributed by atoms with Gasteiger partial charge in [0.15, 0.2) is 0 Å². The van der Waals surface area contributed by atoms with Gasteiger partial charge in [0.05, 0.1) is 0 Å². The summed E-state index contributed by atoms with van der Waals surface area (Å²) >= 11 is 3.59. The summed E-state index contributed by atoms with van der Waals surface area (Å²) in [4.78, 5) is 2.34. The Bertz CT molecular complexity index is 679. The average Bonchev–Trinajstić information content (AvgIpc) is 2.62. The van der Waals surface area contributed by atoms with E-state index in [0.717, 1.165) is 34.4 Å². The largest absolute Gasteiger partial charge is 0.491 e. The minimum Gasteiger partial charge on any atom is -0.491 e. The van der Waals surface area contributed by atoms with Gasteiger partial charge in [-0.3, -0.25) is 0 Å². The van der Waals surface area contributed by atoms with Gasteiger partial charge >= 0.3 is 0 Å². The topological polar surface area (TPSA) is 32.7 Å². The van der Waals surface area contributed by atoms with Crippen LogP contribution in [0.1, 0.15) is 26.2 Å². The molecule has 0 aliphatic carbocycles. The summed E-state index contributed by atoms with van der Waals surface area (Å²) in [6.45, 7) is 4.99. The first-order chi connectivity index (χ1) is 12.0. The molecule has 3 nitrogen and oxygen atoms in total. The Morgan fingerprint density at radius 3 is 2.40 bits per heavy atom. The molecule has 1 aliphatic rings. The van der Waals surface area contributed by atoms with Crippen molar-refractivity contribution in [2.45, 2.75) is 31.8 Å². The molecule has 134 valence electrons. The Labute approximate surface area is 158 Å². The summed E-state index contributed by atoms with van der Waals surface area (Å²) < 4.78 is 6.92. The molecule has 25 heavy (non-hydrogen) atoms. The van der Waals surface area contributed by atoms with Crippen LogP contribution < -0.4 is 4.74 Å². The lowest BCUT2D eigenvalue weighted by atomic mass is 10.0. The molecule has 0 radical (unpaired) electrons. The van der Waals surface area contributed by atoms with E-state index in [-0.39, 0.29) is 0 Å². The normalized spacial score (nSPS) is 17.9. The maximum atomic E-state index is 10.6. The third-order valence-corrected chi connectivity index (χ3v) is 5.29. The van der Waals surface area contributed by atoms with Crippen LogP contribution in [0.5, 0.6) is 5.75 Å². The summed E-state index contributed by atoms with van der Waals surface area (Å²) in [5, 5.41) is 10.6. The number of aliphatic hydroxyl groups is 1. The van der Waals surface area contributed by atoms with E-state index in [1.807, 2.05) is 37.3 Å². The molecule has 1 fully saturated rings. The van der Waals surface area contributed by atoms with Gasteiger partial charge in [-0.1, -0.05) is 52.7 Å². The average molecular weight is 404 g/mol. The number of ether oxygens (including phenoxy) is 1. The molecule has 0 saturated carbocycles. The number of hydrogen-bond donors (Lipinski definition) is 1. The Hall–Kier alpha value is -1.36. The lowest BCUT2D eigenvalue weighted by Gasteiger charge is -2.33. The van der Waals surface area contributed by atoms with E-state index in [1.54, 1.807) is 0 Å². The molecule has 0 amide bonds. The van der Waals surface area contributed by atoms with Crippen molar-refractivity contribution in [1.29, 1.82) is 0 Å². The number of nitrogens with zero attached hydrogens (tertiary/aromatic N) is 1. The molecule has 1 aliphatic heterocycles. The molecular weight excluding hydrogens is 378 g/mol. The predicted molar refractivity (Wildman–Crippen MR) is 106 cm³/mol. The lowest BCUT2D eigenvalue weighted by molar-refractivity contribution is -0.0210. The van der Waals surface area contributed by atoms with Crippen molar-refractivity contribution in [3.63, 3.8) is 0 Å². The maximum absolute atomic E-state index is 10.6. The molecule has 0 aromatic heterocycles. The van der Waals surface area contributed by atoms with E-state index in [0.29, 0.717) is 13.2 Å².